The fourth-order valence-corrected chi connectivity index (χ4v) is 3.54. The number of ether oxygens (including phenoxy) is 1. The normalized spacial score (nSPS) is 23.8. The van der Waals surface area contributed by atoms with Crippen LogP contribution in [0.15, 0.2) is 0 Å². The lowest BCUT2D eigenvalue weighted by molar-refractivity contribution is -0.138. The van der Waals surface area contributed by atoms with Gasteiger partial charge in [-0.3, -0.25) is 9.35 Å². The van der Waals surface area contributed by atoms with Crippen molar-refractivity contribution >= 4 is 34.1 Å². The van der Waals surface area contributed by atoms with Crippen LogP contribution in [0.5, 0.6) is 0 Å². The highest BCUT2D eigenvalue weighted by molar-refractivity contribution is 8.00. The maximum atomic E-state index is 11.6. The number of rotatable bonds is 3. The van der Waals surface area contributed by atoms with Crippen molar-refractivity contribution in [3.05, 3.63) is 0 Å². The van der Waals surface area contributed by atoms with E-state index < -0.39 is 39.3 Å². The summed E-state index contributed by atoms with van der Waals surface area (Å²) in [6.07, 6.45) is 0.735. The first-order chi connectivity index (χ1) is 8.47. The van der Waals surface area contributed by atoms with Gasteiger partial charge in [-0.1, -0.05) is 0 Å². The van der Waals surface area contributed by atoms with E-state index in [2.05, 4.69) is 5.32 Å². The van der Waals surface area contributed by atoms with Gasteiger partial charge in [-0.05, 0) is 27.0 Å². The van der Waals surface area contributed by atoms with Crippen LogP contribution in [0.3, 0.4) is 0 Å². The third kappa shape index (κ3) is 3.74. The number of hydrogen-bond donors (Lipinski definition) is 2. The Balaban J connectivity index is 2.72. The maximum Gasteiger partial charge on any atom is 0.408 e. The van der Waals surface area contributed by atoms with Gasteiger partial charge in [-0.25, -0.2) is 4.79 Å². The van der Waals surface area contributed by atoms with E-state index in [9.17, 15) is 18.0 Å². The van der Waals surface area contributed by atoms with E-state index in [0.29, 0.717) is 4.31 Å². The molecule has 1 heterocycles. The van der Waals surface area contributed by atoms with Crippen LogP contribution in [0.4, 0.5) is 4.79 Å². The number of carbonyl (C=O) groups excluding carboxylic acids is 2. The Morgan fingerprint density at radius 2 is 2.00 bits per heavy atom. The number of carbonyl (C=O) groups is 2. The van der Waals surface area contributed by atoms with Crippen molar-refractivity contribution in [2.24, 2.45) is 0 Å². The molecule has 1 aliphatic rings. The van der Waals surface area contributed by atoms with Gasteiger partial charge in [-0.2, -0.15) is 12.7 Å². The van der Waals surface area contributed by atoms with Crippen molar-refractivity contribution in [3.63, 3.8) is 0 Å². The van der Waals surface area contributed by atoms with Crippen molar-refractivity contribution in [2.45, 2.75) is 37.8 Å². The Morgan fingerprint density at radius 3 is 2.37 bits per heavy atom. The quantitative estimate of drug-likeness (QED) is 0.566. The lowest BCUT2D eigenvalue weighted by Gasteiger charge is -2.43. The third-order valence-electron chi connectivity index (χ3n) is 2.16. The topological polar surface area (TPSA) is 113 Å². The van der Waals surface area contributed by atoms with Gasteiger partial charge in [0, 0.05) is 0 Å². The van der Waals surface area contributed by atoms with E-state index in [1.54, 1.807) is 27.0 Å². The van der Waals surface area contributed by atoms with Crippen molar-refractivity contribution in [3.8, 4) is 0 Å². The molecule has 0 unspecified atom stereocenters. The Kier molecular flexibility index (Phi) is 4.37. The number of hydrogen-bond acceptors (Lipinski definition) is 6. The molecule has 19 heavy (non-hydrogen) atoms. The van der Waals surface area contributed by atoms with Gasteiger partial charge in [0.2, 0.25) is 0 Å². The van der Waals surface area contributed by atoms with E-state index >= 15 is 0 Å². The Hall–Kier alpha value is -1.00. The Labute approximate surface area is 115 Å². The molecule has 0 aromatic carbocycles. The summed E-state index contributed by atoms with van der Waals surface area (Å²) in [6, 6.07) is -1.04. The van der Waals surface area contributed by atoms with Gasteiger partial charge >= 0.3 is 16.4 Å². The first kappa shape index (κ1) is 16.1. The van der Waals surface area contributed by atoms with Crippen molar-refractivity contribution < 1.29 is 27.3 Å². The van der Waals surface area contributed by atoms with Gasteiger partial charge in [0.15, 0.2) is 0 Å². The molecule has 1 rings (SSSR count). The highest BCUT2D eigenvalue weighted by Gasteiger charge is 2.54. The Bertz CT molecular complexity index is 483. The summed E-state index contributed by atoms with van der Waals surface area (Å²) in [5, 5.41) is 1.40. The lowest BCUT2D eigenvalue weighted by Crippen LogP contribution is -2.70. The fraction of sp³-hybridized carbons (Fsp3) is 0.778. The highest BCUT2D eigenvalue weighted by atomic mass is 32.2. The minimum absolute atomic E-state index is 0.319. The second-order valence-corrected chi connectivity index (χ2v) is 7.11. The van der Waals surface area contributed by atoms with Crippen LogP contribution < -0.4 is 5.32 Å². The van der Waals surface area contributed by atoms with Gasteiger partial charge < -0.3 is 10.1 Å². The third-order valence-corrected chi connectivity index (χ3v) is 4.17. The van der Waals surface area contributed by atoms with Crippen LogP contribution in [0.2, 0.25) is 0 Å². The molecule has 8 nitrogen and oxygen atoms in total. The summed E-state index contributed by atoms with van der Waals surface area (Å²) in [6.45, 7) is 4.98. The number of nitrogens with one attached hydrogen (secondary N) is 1. The summed E-state index contributed by atoms with van der Waals surface area (Å²) in [4.78, 5) is 23.1. The lowest BCUT2D eigenvalue weighted by atomic mass is 10.1. The van der Waals surface area contributed by atoms with Crippen LogP contribution in [-0.2, 0) is 19.8 Å². The van der Waals surface area contributed by atoms with Crippen molar-refractivity contribution in [1.29, 1.82) is 0 Å². The minimum Gasteiger partial charge on any atom is -0.444 e. The molecule has 10 heteroatoms. The summed E-state index contributed by atoms with van der Waals surface area (Å²) in [7, 11) is -4.61. The SMILES string of the molecule is CS[C@@H]1[C@H](NC(=O)OC(C)(C)C)C(=O)N1S(=O)(=O)O. The molecule has 2 N–H and O–H groups in total. The standard InChI is InChI=1S/C9H16N2O6S2/c1-9(2,3)17-8(13)10-5-6(12)11(7(5)18-4)19(14,15)16/h5,7H,1-4H3,(H,10,13)(H,14,15,16)/t5-,7-/m1/s1. The van der Waals surface area contributed by atoms with Crippen LogP contribution >= 0.6 is 11.8 Å². The molecule has 0 saturated carbocycles. The first-order valence-corrected chi connectivity index (χ1v) is 7.99. The summed E-state index contributed by atoms with van der Waals surface area (Å²) in [5.41, 5.74) is -0.728. The van der Waals surface area contributed by atoms with Crippen LogP contribution in [0, 0.1) is 0 Å². The molecule has 110 valence electrons. The molecule has 1 aliphatic heterocycles. The average Bonchev–Trinajstić information content (AvgIpc) is 2.17. The van der Waals surface area contributed by atoms with Crippen molar-refractivity contribution in [1.82, 2.24) is 9.62 Å². The zero-order valence-corrected chi connectivity index (χ0v) is 12.5. The number of nitrogens with zero attached hydrogens (tertiary/aromatic N) is 1. The van der Waals surface area contributed by atoms with E-state index in [1.165, 1.54) is 0 Å². The molecule has 0 radical (unpaired) electrons. The fourth-order valence-electron chi connectivity index (χ4n) is 1.48. The summed E-state index contributed by atoms with van der Waals surface area (Å²) < 4.78 is 36.1. The largest absolute Gasteiger partial charge is 0.444 e. The second kappa shape index (κ2) is 5.17. The van der Waals surface area contributed by atoms with Gasteiger partial charge in [0.05, 0.1) is 0 Å². The first-order valence-electron chi connectivity index (χ1n) is 5.30. The number of β-lactam (4-membered cyclic amide) rings is 1. The molecule has 2 amide bonds. The molecule has 0 spiro atoms. The molecule has 2 atom stereocenters. The number of alkyl carbamates (subject to hydrolysis) is 1. The Morgan fingerprint density at radius 1 is 1.47 bits per heavy atom. The second-order valence-electron chi connectivity index (χ2n) is 4.86. The van der Waals surface area contributed by atoms with E-state index in [4.69, 9.17) is 9.29 Å². The number of amides is 2. The minimum atomic E-state index is -4.61. The molecular weight excluding hydrogens is 296 g/mol. The molecule has 0 bridgehead atoms. The molecule has 0 aliphatic carbocycles. The van der Waals surface area contributed by atoms with E-state index in [0.717, 1.165) is 11.8 Å². The van der Waals surface area contributed by atoms with Gasteiger partial charge in [0.25, 0.3) is 5.91 Å². The average molecular weight is 312 g/mol. The van der Waals surface area contributed by atoms with Crippen LogP contribution in [-0.4, -0.2) is 52.5 Å². The smallest absolute Gasteiger partial charge is 0.408 e. The molecule has 0 aromatic heterocycles. The van der Waals surface area contributed by atoms with Crippen LogP contribution in [0.1, 0.15) is 20.8 Å². The zero-order valence-electron chi connectivity index (χ0n) is 10.9. The molecular formula is C9H16N2O6S2. The van der Waals surface area contributed by atoms with Crippen LogP contribution in [0.25, 0.3) is 0 Å². The number of thioether (sulfide) groups is 1. The molecule has 0 aromatic rings. The molecule has 1 fully saturated rings. The van der Waals surface area contributed by atoms with E-state index in [1.807, 2.05) is 0 Å². The van der Waals surface area contributed by atoms with Gasteiger partial charge in [-0.15, -0.1) is 11.8 Å². The molecule has 1 saturated heterocycles. The van der Waals surface area contributed by atoms with E-state index in [-0.39, 0.29) is 0 Å². The predicted octanol–water partition coefficient (Wildman–Crippen LogP) is 0.214. The maximum absolute atomic E-state index is 11.6. The van der Waals surface area contributed by atoms with Gasteiger partial charge in [0.1, 0.15) is 17.0 Å². The predicted molar refractivity (Wildman–Crippen MR) is 68.9 cm³/mol. The monoisotopic (exact) mass is 312 g/mol. The highest BCUT2D eigenvalue weighted by Crippen LogP contribution is 2.30. The summed E-state index contributed by atoms with van der Waals surface area (Å²) in [5.74, 6) is -0.896. The van der Waals surface area contributed by atoms with Crippen molar-refractivity contribution in [2.75, 3.05) is 6.26 Å². The zero-order chi connectivity index (χ0) is 15.0. The summed E-state index contributed by atoms with van der Waals surface area (Å²) >= 11 is 1.01.